The largest absolute Gasteiger partial charge is 0.294 e. The summed E-state index contributed by atoms with van der Waals surface area (Å²) in [5, 5.41) is 0. The zero-order valence-electron chi connectivity index (χ0n) is 13.7. The molecule has 0 aliphatic heterocycles. The van der Waals surface area contributed by atoms with Gasteiger partial charge >= 0.3 is 0 Å². The molecule has 4 rings (SSSR count). The van der Waals surface area contributed by atoms with E-state index in [1.54, 1.807) is 0 Å². The Bertz CT molecular complexity index is 828. The molecule has 0 bridgehead atoms. The maximum Gasteiger partial charge on any atom is 0.167 e. The van der Waals surface area contributed by atoms with Crippen molar-refractivity contribution < 1.29 is 9.59 Å². The van der Waals surface area contributed by atoms with Crippen molar-refractivity contribution >= 4 is 11.6 Å². The van der Waals surface area contributed by atoms with Crippen LogP contribution < -0.4 is 0 Å². The lowest BCUT2D eigenvalue weighted by molar-refractivity contribution is 0.0906. The molecule has 122 valence electrons. The Labute approximate surface area is 147 Å². The molecule has 2 heteroatoms. The van der Waals surface area contributed by atoms with Crippen LogP contribution in [0.3, 0.4) is 0 Å². The molecule has 2 nitrogen and oxygen atoms in total. The van der Waals surface area contributed by atoms with Crippen LogP contribution in [0.15, 0.2) is 91.0 Å². The molecule has 3 aromatic carbocycles. The van der Waals surface area contributed by atoms with Gasteiger partial charge in [-0.05, 0) is 5.56 Å². The Morgan fingerprint density at radius 3 is 1.28 bits per heavy atom. The summed E-state index contributed by atoms with van der Waals surface area (Å²) in [5.41, 5.74) is 2.42. The Balaban J connectivity index is 1.68. The molecule has 25 heavy (non-hydrogen) atoms. The van der Waals surface area contributed by atoms with Gasteiger partial charge < -0.3 is 0 Å². The minimum absolute atomic E-state index is 0.0402. The van der Waals surface area contributed by atoms with Gasteiger partial charge in [0, 0.05) is 28.9 Å². The highest BCUT2D eigenvalue weighted by molar-refractivity contribution is 6.09. The molecular weight excluding hydrogens is 308 g/mol. The number of hydrogen-bond acceptors (Lipinski definition) is 2. The summed E-state index contributed by atoms with van der Waals surface area (Å²) in [6.07, 6.45) is 0. The van der Waals surface area contributed by atoms with Gasteiger partial charge in [0.1, 0.15) is 0 Å². The lowest BCUT2D eigenvalue weighted by Gasteiger charge is -2.00. The van der Waals surface area contributed by atoms with Crippen molar-refractivity contribution in [2.75, 3.05) is 0 Å². The van der Waals surface area contributed by atoms with Gasteiger partial charge in [-0.1, -0.05) is 91.0 Å². The molecule has 0 radical (unpaired) electrons. The summed E-state index contributed by atoms with van der Waals surface area (Å²) in [6, 6.07) is 28.4. The number of rotatable bonds is 5. The van der Waals surface area contributed by atoms with Crippen molar-refractivity contribution in [3.8, 4) is 0 Å². The van der Waals surface area contributed by atoms with Crippen LogP contribution in [0, 0.1) is 11.8 Å². The summed E-state index contributed by atoms with van der Waals surface area (Å²) in [6.45, 7) is 0. The van der Waals surface area contributed by atoms with Crippen molar-refractivity contribution in [2.24, 2.45) is 11.8 Å². The van der Waals surface area contributed by atoms with Gasteiger partial charge in [0.25, 0.3) is 0 Å². The number of benzene rings is 3. The van der Waals surface area contributed by atoms with Crippen molar-refractivity contribution in [1.82, 2.24) is 0 Å². The summed E-state index contributed by atoms with van der Waals surface area (Å²) in [7, 11) is 0. The first kappa shape index (κ1) is 15.5. The molecule has 2 atom stereocenters. The lowest BCUT2D eigenvalue weighted by atomic mass is 10.0. The second kappa shape index (κ2) is 6.48. The van der Waals surface area contributed by atoms with E-state index < -0.39 is 0 Å². The predicted molar refractivity (Wildman–Crippen MR) is 97.7 cm³/mol. The third-order valence-electron chi connectivity index (χ3n) is 4.93. The van der Waals surface area contributed by atoms with Gasteiger partial charge in [-0.15, -0.1) is 0 Å². The van der Waals surface area contributed by atoms with Gasteiger partial charge in [0.15, 0.2) is 11.6 Å². The van der Waals surface area contributed by atoms with E-state index in [9.17, 15) is 9.59 Å². The molecule has 0 saturated heterocycles. The fourth-order valence-electron chi connectivity index (χ4n) is 3.64. The van der Waals surface area contributed by atoms with Gasteiger partial charge in [0.2, 0.25) is 0 Å². The molecule has 1 aliphatic carbocycles. The van der Waals surface area contributed by atoms with E-state index in [1.807, 2.05) is 91.0 Å². The standard InChI is InChI=1S/C23H18O2/c24-22(17-12-6-2-7-13-17)20-19(16-10-4-1-5-11-16)21(20)23(25)18-14-8-3-9-15-18/h1-15,19-21H/t20-,21-/m0/s1. The van der Waals surface area contributed by atoms with Crippen LogP contribution in [0.2, 0.25) is 0 Å². The zero-order valence-corrected chi connectivity index (χ0v) is 13.7. The predicted octanol–water partition coefficient (Wildman–Crippen LogP) is 4.78. The zero-order chi connectivity index (χ0) is 17.2. The van der Waals surface area contributed by atoms with Crippen LogP contribution in [0.4, 0.5) is 0 Å². The van der Waals surface area contributed by atoms with Crippen molar-refractivity contribution in [3.05, 3.63) is 108 Å². The number of ketones is 2. The Hall–Kier alpha value is -3.00. The monoisotopic (exact) mass is 326 g/mol. The van der Waals surface area contributed by atoms with Crippen LogP contribution in [0.5, 0.6) is 0 Å². The number of carbonyl (C=O) groups excluding carboxylic acids is 2. The lowest BCUT2D eigenvalue weighted by Crippen LogP contribution is -2.09. The molecule has 0 heterocycles. The van der Waals surface area contributed by atoms with Crippen molar-refractivity contribution in [1.29, 1.82) is 0 Å². The summed E-state index contributed by atoms with van der Waals surface area (Å²) in [4.78, 5) is 26.0. The Morgan fingerprint density at radius 1 is 0.520 bits per heavy atom. The van der Waals surface area contributed by atoms with E-state index in [-0.39, 0.29) is 29.3 Å². The van der Waals surface area contributed by atoms with Gasteiger partial charge in [0.05, 0.1) is 0 Å². The van der Waals surface area contributed by atoms with Crippen LogP contribution in [-0.4, -0.2) is 11.6 Å². The van der Waals surface area contributed by atoms with Gasteiger partial charge in [-0.2, -0.15) is 0 Å². The molecule has 0 amide bonds. The van der Waals surface area contributed by atoms with E-state index in [1.165, 1.54) is 0 Å². The maximum absolute atomic E-state index is 13.0. The van der Waals surface area contributed by atoms with Crippen LogP contribution in [-0.2, 0) is 0 Å². The summed E-state index contributed by atoms with van der Waals surface area (Å²) >= 11 is 0. The first-order chi connectivity index (χ1) is 12.3. The normalized spacial score (nSPS) is 21.5. The van der Waals surface area contributed by atoms with E-state index in [2.05, 4.69) is 0 Å². The second-order valence-corrected chi connectivity index (χ2v) is 6.45. The number of Topliss-reactive ketones (excluding diaryl/α,β-unsaturated/α-hetero) is 2. The Kier molecular flexibility index (Phi) is 4.02. The average Bonchev–Trinajstić information content (AvgIpc) is 3.44. The smallest absolute Gasteiger partial charge is 0.167 e. The van der Waals surface area contributed by atoms with E-state index >= 15 is 0 Å². The fourth-order valence-corrected chi connectivity index (χ4v) is 3.64. The summed E-state index contributed by atoms with van der Waals surface area (Å²) in [5.74, 6) is -0.482. The average molecular weight is 326 g/mol. The third kappa shape index (κ3) is 2.91. The van der Waals surface area contributed by atoms with Crippen LogP contribution in [0.1, 0.15) is 32.2 Å². The topological polar surface area (TPSA) is 34.1 Å². The molecule has 0 N–H and O–H groups in total. The first-order valence-electron chi connectivity index (χ1n) is 8.51. The fraction of sp³-hybridized carbons (Fsp3) is 0.130. The SMILES string of the molecule is O=C(c1ccccc1)[C@H]1C(c2ccccc2)[C@@H]1C(=O)c1ccccc1. The molecule has 0 unspecified atom stereocenters. The molecule has 0 spiro atoms. The number of hydrogen-bond donors (Lipinski definition) is 0. The Morgan fingerprint density at radius 2 is 0.880 bits per heavy atom. The minimum atomic E-state index is -0.280. The van der Waals surface area contributed by atoms with Crippen molar-refractivity contribution in [3.63, 3.8) is 0 Å². The van der Waals surface area contributed by atoms with Gasteiger partial charge in [-0.3, -0.25) is 9.59 Å². The first-order valence-corrected chi connectivity index (χ1v) is 8.51. The highest BCUT2D eigenvalue weighted by atomic mass is 16.1. The van der Waals surface area contributed by atoms with Crippen molar-refractivity contribution in [2.45, 2.75) is 5.92 Å². The second-order valence-electron chi connectivity index (χ2n) is 6.45. The number of carbonyl (C=O) groups is 2. The molecule has 3 aromatic rings. The van der Waals surface area contributed by atoms with Gasteiger partial charge in [-0.25, -0.2) is 0 Å². The highest BCUT2D eigenvalue weighted by Crippen LogP contribution is 2.56. The van der Waals surface area contributed by atoms with E-state index in [0.717, 1.165) is 5.56 Å². The molecule has 1 fully saturated rings. The highest BCUT2D eigenvalue weighted by Gasteiger charge is 2.58. The molecular formula is C23H18O2. The molecule has 1 saturated carbocycles. The van der Waals surface area contributed by atoms with E-state index in [0.29, 0.717) is 11.1 Å². The third-order valence-corrected chi connectivity index (χ3v) is 4.93. The maximum atomic E-state index is 13.0. The molecule has 1 aliphatic rings. The quantitative estimate of drug-likeness (QED) is 0.632. The summed E-state index contributed by atoms with van der Waals surface area (Å²) < 4.78 is 0. The minimum Gasteiger partial charge on any atom is -0.294 e. The van der Waals surface area contributed by atoms with Crippen LogP contribution in [0.25, 0.3) is 0 Å². The van der Waals surface area contributed by atoms with E-state index in [4.69, 9.17) is 0 Å². The molecule has 0 aromatic heterocycles. The van der Waals surface area contributed by atoms with Crippen LogP contribution >= 0.6 is 0 Å².